The van der Waals surface area contributed by atoms with Crippen molar-refractivity contribution in [2.24, 2.45) is 4.99 Å². The van der Waals surface area contributed by atoms with Crippen molar-refractivity contribution in [3.8, 4) is 0 Å². The van der Waals surface area contributed by atoms with E-state index in [4.69, 9.17) is 4.43 Å². The van der Waals surface area contributed by atoms with Crippen LogP contribution in [0.5, 0.6) is 0 Å². The molecule has 26 heavy (non-hydrogen) atoms. The third-order valence-corrected chi connectivity index (χ3v) is 9.85. The van der Waals surface area contributed by atoms with Crippen LogP contribution in [0.15, 0.2) is 65.7 Å². The first-order valence-corrected chi connectivity index (χ1v) is 11.2. The van der Waals surface area contributed by atoms with Crippen LogP contribution in [0.3, 0.4) is 0 Å². The highest BCUT2D eigenvalue weighted by molar-refractivity contribution is 6.99. The van der Waals surface area contributed by atoms with Crippen molar-refractivity contribution in [3.63, 3.8) is 0 Å². The van der Waals surface area contributed by atoms with Crippen LogP contribution in [0.25, 0.3) is 0 Å². The Kier molecular flexibility index (Phi) is 5.79. The van der Waals surface area contributed by atoms with Gasteiger partial charge in [0.1, 0.15) is 0 Å². The lowest BCUT2D eigenvalue weighted by Crippen LogP contribution is -2.67. The number of guanidine groups is 1. The molecule has 0 fully saturated rings. The fraction of sp³-hybridized carbons (Fsp3) is 0.381. The Morgan fingerprint density at radius 2 is 1.58 bits per heavy atom. The van der Waals surface area contributed by atoms with Gasteiger partial charge >= 0.3 is 0 Å². The number of hydrogen-bond acceptors (Lipinski definition) is 4. The molecular weight excluding hydrogens is 338 g/mol. The van der Waals surface area contributed by atoms with E-state index in [2.05, 4.69) is 97.1 Å². The first kappa shape index (κ1) is 18.7. The molecule has 2 aromatic rings. The van der Waals surface area contributed by atoms with Crippen LogP contribution in [-0.2, 0) is 4.43 Å². The topological polar surface area (TPSA) is 45.6 Å². The van der Waals surface area contributed by atoms with Crippen LogP contribution in [-0.4, -0.2) is 40.5 Å². The summed E-state index contributed by atoms with van der Waals surface area (Å²) < 4.78 is 6.82. The zero-order chi connectivity index (χ0) is 18.5. The summed E-state index contributed by atoms with van der Waals surface area (Å²) in [6.07, 6.45) is 0. The van der Waals surface area contributed by atoms with Gasteiger partial charge in [-0.25, -0.2) is 0 Å². The predicted molar refractivity (Wildman–Crippen MR) is 112 cm³/mol. The van der Waals surface area contributed by atoms with Gasteiger partial charge in [-0.05, 0) is 15.4 Å². The number of hydrogen-bond donors (Lipinski definition) is 2. The minimum atomic E-state index is -2.43. The summed E-state index contributed by atoms with van der Waals surface area (Å²) in [5, 5.41) is 9.23. The van der Waals surface area contributed by atoms with Crippen molar-refractivity contribution in [1.29, 1.82) is 0 Å². The molecule has 1 aliphatic rings. The van der Waals surface area contributed by atoms with E-state index < -0.39 is 8.32 Å². The first-order chi connectivity index (χ1) is 12.5. The van der Waals surface area contributed by atoms with E-state index in [0.29, 0.717) is 6.61 Å². The molecule has 0 unspecified atom stereocenters. The summed E-state index contributed by atoms with van der Waals surface area (Å²) in [5.41, 5.74) is 0. The summed E-state index contributed by atoms with van der Waals surface area (Å²) in [6.45, 7) is 10.1. The summed E-state index contributed by atoms with van der Waals surface area (Å²) in [5.74, 6) is 0.885. The van der Waals surface area contributed by atoms with Crippen molar-refractivity contribution in [2.75, 3.05) is 26.2 Å². The Morgan fingerprint density at radius 3 is 2.04 bits per heavy atom. The molecule has 0 spiro atoms. The van der Waals surface area contributed by atoms with E-state index >= 15 is 0 Å². The Bertz CT molecular complexity index is 686. The lowest BCUT2D eigenvalue weighted by molar-refractivity contribution is 0.302. The molecule has 0 radical (unpaired) electrons. The van der Waals surface area contributed by atoms with E-state index in [1.807, 2.05) is 0 Å². The zero-order valence-electron chi connectivity index (χ0n) is 16.0. The quantitative estimate of drug-likeness (QED) is 0.607. The maximum absolute atomic E-state index is 6.82. The maximum atomic E-state index is 6.82. The Labute approximate surface area is 157 Å². The third kappa shape index (κ3) is 3.84. The zero-order valence-corrected chi connectivity index (χ0v) is 17.0. The number of aliphatic imine (C=N–C) groups is 1. The highest BCUT2D eigenvalue weighted by Crippen LogP contribution is 2.36. The van der Waals surface area contributed by atoms with Crippen molar-refractivity contribution in [3.05, 3.63) is 60.7 Å². The van der Waals surface area contributed by atoms with Gasteiger partial charge in [0, 0.05) is 13.1 Å². The molecule has 5 heteroatoms. The second kappa shape index (κ2) is 8.06. The van der Waals surface area contributed by atoms with E-state index in [-0.39, 0.29) is 5.04 Å². The predicted octanol–water partition coefficient (Wildman–Crippen LogP) is 2.11. The van der Waals surface area contributed by atoms with Gasteiger partial charge in [-0.15, -0.1) is 0 Å². The van der Waals surface area contributed by atoms with Crippen LogP contribution in [0.2, 0.25) is 5.04 Å². The van der Waals surface area contributed by atoms with E-state index in [9.17, 15) is 0 Å². The standard InChI is InChI=1S/C21H29N3OSi/c1-21(2,3)26(18-10-6-4-7-11-18,19-12-8-5-9-13-19)25-17-16-24-20-22-14-15-23-20/h4-13H,14-17H2,1-3H3,(H2,22,23,24). The highest BCUT2D eigenvalue weighted by Gasteiger charge is 2.49. The molecule has 1 aliphatic heterocycles. The van der Waals surface area contributed by atoms with Gasteiger partial charge in [0.05, 0.1) is 13.2 Å². The molecule has 0 amide bonds. The largest absolute Gasteiger partial charge is 0.406 e. The smallest absolute Gasteiger partial charge is 0.261 e. The van der Waals surface area contributed by atoms with Crippen LogP contribution >= 0.6 is 0 Å². The van der Waals surface area contributed by atoms with Gasteiger partial charge in [-0.1, -0.05) is 81.4 Å². The monoisotopic (exact) mass is 367 g/mol. The lowest BCUT2D eigenvalue weighted by atomic mass is 10.2. The van der Waals surface area contributed by atoms with Gasteiger partial charge in [-0.2, -0.15) is 0 Å². The maximum Gasteiger partial charge on any atom is 0.261 e. The average molecular weight is 368 g/mol. The SMILES string of the molecule is CC(C)(C)[Si](OCCNC1=NCCN1)(c1ccccc1)c1ccccc1. The van der Waals surface area contributed by atoms with E-state index in [0.717, 1.165) is 25.6 Å². The van der Waals surface area contributed by atoms with Gasteiger partial charge in [0.15, 0.2) is 5.96 Å². The Hall–Kier alpha value is -2.11. The van der Waals surface area contributed by atoms with Crippen LogP contribution < -0.4 is 21.0 Å². The molecule has 0 saturated heterocycles. The fourth-order valence-electron chi connectivity index (χ4n) is 3.65. The number of nitrogens with one attached hydrogen (secondary N) is 2. The molecule has 0 atom stereocenters. The van der Waals surface area contributed by atoms with Crippen molar-refractivity contribution < 1.29 is 4.43 Å². The molecule has 0 aliphatic carbocycles. The average Bonchev–Trinajstić information content (AvgIpc) is 3.16. The Morgan fingerprint density at radius 1 is 1.00 bits per heavy atom. The minimum Gasteiger partial charge on any atom is -0.406 e. The summed E-state index contributed by atoms with van der Waals surface area (Å²) in [6, 6.07) is 21.5. The summed E-state index contributed by atoms with van der Waals surface area (Å²) in [4.78, 5) is 4.38. The molecular formula is C21H29N3OSi. The lowest BCUT2D eigenvalue weighted by Gasteiger charge is -2.43. The van der Waals surface area contributed by atoms with Crippen LogP contribution in [0, 0.1) is 0 Å². The molecule has 0 bridgehead atoms. The second-order valence-electron chi connectivity index (χ2n) is 7.60. The summed E-state index contributed by atoms with van der Waals surface area (Å²) in [7, 11) is -2.43. The molecule has 1 heterocycles. The van der Waals surface area contributed by atoms with Gasteiger partial charge in [0.25, 0.3) is 8.32 Å². The fourth-order valence-corrected chi connectivity index (χ4v) is 8.22. The number of benzene rings is 2. The molecule has 4 nitrogen and oxygen atoms in total. The van der Waals surface area contributed by atoms with Gasteiger partial charge < -0.3 is 15.1 Å². The van der Waals surface area contributed by atoms with Crippen molar-refractivity contribution in [1.82, 2.24) is 10.6 Å². The first-order valence-electron chi connectivity index (χ1n) is 9.31. The third-order valence-electron chi connectivity index (χ3n) is 4.80. The van der Waals surface area contributed by atoms with Gasteiger partial charge in [-0.3, -0.25) is 4.99 Å². The van der Waals surface area contributed by atoms with Crippen LogP contribution in [0.4, 0.5) is 0 Å². The van der Waals surface area contributed by atoms with E-state index in [1.165, 1.54) is 10.4 Å². The minimum absolute atomic E-state index is 0.0127. The van der Waals surface area contributed by atoms with Gasteiger partial charge in [0.2, 0.25) is 0 Å². The molecule has 2 aromatic carbocycles. The van der Waals surface area contributed by atoms with Crippen molar-refractivity contribution in [2.45, 2.75) is 25.8 Å². The highest BCUT2D eigenvalue weighted by atomic mass is 28.4. The Balaban J connectivity index is 1.89. The van der Waals surface area contributed by atoms with Crippen LogP contribution in [0.1, 0.15) is 20.8 Å². The molecule has 0 saturated carbocycles. The molecule has 2 N–H and O–H groups in total. The molecule has 3 rings (SSSR count). The summed E-state index contributed by atoms with van der Waals surface area (Å²) >= 11 is 0. The van der Waals surface area contributed by atoms with E-state index in [1.54, 1.807) is 0 Å². The number of rotatable bonds is 6. The molecule has 0 aromatic heterocycles. The number of nitrogens with zero attached hydrogens (tertiary/aromatic N) is 1. The van der Waals surface area contributed by atoms with Crippen molar-refractivity contribution >= 4 is 24.7 Å². The molecule has 138 valence electrons. The normalized spacial score (nSPS) is 14.7. The second-order valence-corrected chi connectivity index (χ2v) is 11.9.